The fraction of sp³-hybridized carbons (Fsp3) is 0.900. The van der Waals surface area contributed by atoms with Gasteiger partial charge in [0.25, 0.3) is 0 Å². The molecule has 1 fully saturated rings. The van der Waals surface area contributed by atoms with Crippen LogP contribution in [0.25, 0.3) is 0 Å². The summed E-state index contributed by atoms with van der Waals surface area (Å²) < 4.78 is 5.03. The van der Waals surface area contributed by atoms with Gasteiger partial charge >= 0.3 is 5.97 Å². The molecule has 0 aromatic rings. The molecule has 2 N–H and O–H groups in total. The highest BCUT2D eigenvalue weighted by Crippen LogP contribution is 2.40. The van der Waals surface area contributed by atoms with E-state index < -0.39 is 5.54 Å². The van der Waals surface area contributed by atoms with E-state index in [1.54, 1.807) is 11.8 Å². The lowest BCUT2D eigenvalue weighted by molar-refractivity contribution is -0.149. The van der Waals surface area contributed by atoms with Crippen LogP contribution in [0.5, 0.6) is 0 Å². The fourth-order valence-electron chi connectivity index (χ4n) is 1.48. The van der Waals surface area contributed by atoms with E-state index in [0.29, 0.717) is 18.3 Å². The maximum absolute atomic E-state index is 11.7. The first-order valence-corrected chi connectivity index (χ1v) is 6.34. The van der Waals surface area contributed by atoms with Gasteiger partial charge < -0.3 is 10.5 Å². The minimum absolute atomic E-state index is 0.219. The Kier molecular flexibility index (Phi) is 4.26. The molecule has 1 rings (SSSR count). The Hall–Kier alpha value is -0.220. The van der Waals surface area contributed by atoms with Crippen molar-refractivity contribution in [1.29, 1.82) is 0 Å². The Bertz CT molecular complexity index is 206. The number of ether oxygens (including phenoxy) is 1. The van der Waals surface area contributed by atoms with E-state index in [2.05, 4.69) is 6.92 Å². The summed E-state index contributed by atoms with van der Waals surface area (Å²) in [5.74, 6) is 1.81. The lowest BCUT2D eigenvalue weighted by atomic mass is 9.97. The Morgan fingerprint density at radius 3 is 2.64 bits per heavy atom. The van der Waals surface area contributed by atoms with Gasteiger partial charge in [-0.1, -0.05) is 6.92 Å². The zero-order chi connectivity index (χ0) is 10.6. The topological polar surface area (TPSA) is 52.3 Å². The summed E-state index contributed by atoms with van der Waals surface area (Å²) in [4.78, 5) is 11.7. The molecule has 3 nitrogen and oxygen atoms in total. The highest BCUT2D eigenvalue weighted by molar-refractivity contribution is 7.99. The molecule has 4 heteroatoms. The molecule has 14 heavy (non-hydrogen) atoms. The Labute approximate surface area is 89.8 Å². The molecule has 0 aromatic heterocycles. The molecule has 1 saturated carbocycles. The van der Waals surface area contributed by atoms with Crippen LogP contribution in [-0.2, 0) is 9.53 Å². The fourth-order valence-corrected chi connectivity index (χ4v) is 2.37. The van der Waals surface area contributed by atoms with Crippen molar-refractivity contribution in [3.8, 4) is 0 Å². The van der Waals surface area contributed by atoms with Crippen molar-refractivity contribution in [3.05, 3.63) is 0 Å². The van der Waals surface area contributed by atoms with Crippen molar-refractivity contribution in [1.82, 2.24) is 0 Å². The minimum Gasteiger partial charge on any atom is -0.465 e. The zero-order valence-electron chi connectivity index (χ0n) is 8.91. The third-order valence-corrected chi connectivity index (χ3v) is 3.60. The second-order valence-electron chi connectivity index (χ2n) is 3.67. The molecule has 1 unspecified atom stereocenters. The van der Waals surface area contributed by atoms with Gasteiger partial charge in [0.15, 0.2) is 0 Å². The van der Waals surface area contributed by atoms with E-state index in [0.717, 1.165) is 18.6 Å². The molecule has 0 aliphatic heterocycles. The van der Waals surface area contributed by atoms with E-state index in [1.807, 2.05) is 6.92 Å². The van der Waals surface area contributed by atoms with Gasteiger partial charge in [0.1, 0.15) is 5.54 Å². The van der Waals surface area contributed by atoms with Crippen LogP contribution in [0.4, 0.5) is 0 Å². The van der Waals surface area contributed by atoms with Crippen LogP contribution in [0.3, 0.4) is 0 Å². The lowest BCUT2D eigenvalue weighted by Gasteiger charge is -2.26. The molecule has 82 valence electrons. The Morgan fingerprint density at radius 1 is 1.57 bits per heavy atom. The second-order valence-corrected chi connectivity index (χ2v) is 4.95. The number of esters is 1. The van der Waals surface area contributed by atoms with E-state index >= 15 is 0 Å². The molecule has 0 heterocycles. The molecule has 0 radical (unpaired) electrons. The molecule has 0 bridgehead atoms. The molecular weight excluding hydrogens is 198 g/mol. The first kappa shape index (κ1) is 11.9. The number of carbonyl (C=O) groups is 1. The van der Waals surface area contributed by atoms with Crippen molar-refractivity contribution in [2.75, 3.05) is 18.1 Å². The Balaban J connectivity index is 2.55. The largest absolute Gasteiger partial charge is 0.465 e. The first-order valence-electron chi connectivity index (χ1n) is 5.19. The predicted molar refractivity (Wildman–Crippen MR) is 59.3 cm³/mol. The van der Waals surface area contributed by atoms with Crippen LogP contribution in [-0.4, -0.2) is 29.6 Å². The highest BCUT2D eigenvalue weighted by Gasteiger charge is 2.48. The van der Waals surface area contributed by atoms with Gasteiger partial charge in [-0.25, -0.2) is 0 Å². The number of rotatable bonds is 6. The third-order valence-electron chi connectivity index (χ3n) is 2.51. The summed E-state index contributed by atoms with van der Waals surface area (Å²) in [6.45, 7) is 4.31. The van der Waals surface area contributed by atoms with Gasteiger partial charge in [-0.3, -0.25) is 4.79 Å². The summed E-state index contributed by atoms with van der Waals surface area (Å²) in [6, 6.07) is 0. The summed E-state index contributed by atoms with van der Waals surface area (Å²) >= 11 is 1.71. The van der Waals surface area contributed by atoms with Gasteiger partial charge in [-0.15, -0.1) is 0 Å². The van der Waals surface area contributed by atoms with Crippen LogP contribution < -0.4 is 5.73 Å². The molecule has 0 saturated heterocycles. The molecule has 1 atom stereocenters. The standard InChI is InChI=1S/C10H19NO2S/c1-3-13-9(12)10(11,7-14-4-2)8-5-6-8/h8H,3-7,11H2,1-2H3. The normalized spacial score (nSPS) is 20.2. The number of hydrogen-bond donors (Lipinski definition) is 1. The Morgan fingerprint density at radius 2 is 2.21 bits per heavy atom. The van der Waals surface area contributed by atoms with Crippen molar-refractivity contribution in [2.45, 2.75) is 32.2 Å². The van der Waals surface area contributed by atoms with Gasteiger partial charge in [-0.05, 0) is 31.4 Å². The lowest BCUT2D eigenvalue weighted by Crippen LogP contribution is -2.53. The molecular formula is C10H19NO2S. The zero-order valence-corrected chi connectivity index (χ0v) is 9.73. The van der Waals surface area contributed by atoms with Gasteiger partial charge in [0.05, 0.1) is 6.61 Å². The summed E-state index contributed by atoms with van der Waals surface area (Å²) in [7, 11) is 0. The maximum Gasteiger partial charge on any atom is 0.327 e. The minimum atomic E-state index is -0.726. The van der Waals surface area contributed by atoms with Crippen LogP contribution in [0.1, 0.15) is 26.7 Å². The van der Waals surface area contributed by atoms with Crippen molar-refractivity contribution in [2.24, 2.45) is 11.7 Å². The van der Waals surface area contributed by atoms with Crippen molar-refractivity contribution < 1.29 is 9.53 Å². The SMILES string of the molecule is CCOC(=O)C(N)(CSCC)C1CC1. The second kappa shape index (κ2) is 5.03. The van der Waals surface area contributed by atoms with E-state index in [-0.39, 0.29) is 5.97 Å². The maximum atomic E-state index is 11.7. The van der Waals surface area contributed by atoms with E-state index in [4.69, 9.17) is 10.5 Å². The number of thioether (sulfide) groups is 1. The molecule has 0 aromatic carbocycles. The molecule has 1 aliphatic rings. The summed E-state index contributed by atoms with van der Waals surface area (Å²) in [5, 5.41) is 0. The monoisotopic (exact) mass is 217 g/mol. The van der Waals surface area contributed by atoms with Gasteiger partial charge in [-0.2, -0.15) is 11.8 Å². The van der Waals surface area contributed by atoms with Crippen molar-refractivity contribution >= 4 is 17.7 Å². The predicted octanol–water partition coefficient (Wildman–Crippen LogP) is 1.41. The summed E-state index contributed by atoms with van der Waals surface area (Å²) in [6.07, 6.45) is 2.14. The van der Waals surface area contributed by atoms with Crippen LogP contribution in [0.15, 0.2) is 0 Å². The van der Waals surface area contributed by atoms with Crippen LogP contribution in [0, 0.1) is 5.92 Å². The highest BCUT2D eigenvalue weighted by atomic mass is 32.2. The van der Waals surface area contributed by atoms with Gasteiger partial charge in [0, 0.05) is 5.75 Å². The number of nitrogens with two attached hydrogens (primary N) is 1. The average Bonchev–Trinajstić information content (AvgIpc) is 2.97. The van der Waals surface area contributed by atoms with E-state index in [9.17, 15) is 4.79 Å². The first-order chi connectivity index (χ1) is 6.65. The average molecular weight is 217 g/mol. The van der Waals surface area contributed by atoms with Gasteiger partial charge in [0.2, 0.25) is 0 Å². The summed E-state index contributed by atoms with van der Waals surface area (Å²) in [5.41, 5.74) is 5.40. The quantitative estimate of drug-likeness (QED) is 0.683. The van der Waals surface area contributed by atoms with E-state index in [1.165, 1.54) is 0 Å². The van der Waals surface area contributed by atoms with Crippen LogP contribution >= 0.6 is 11.8 Å². The number of hydrogen-bond acceptors (Lipinski definition) is 4. The number of carbonyl (C=O) groups excluding carboxylic acids is 1. The molecule has 0 amide bonds. The van der Waals surface area contributed by atoms with Crippen LogP contribution in [0.2, 0.25) is 0 Å². The molecule has 1 aliphatic carbocycles. The smallest absolute Gasteiger partial charge is 0.327 e. The van der Waals surface area contributed by atoms with Crippen molar-refractivity contribution in [3.63, 3.8) is 0 Å². The molecule has 0 spiro atoms. The third kappa shape index (κ3) is 2.64.